The van der Waals surface area contributed by atoms with E-state index < -0.39 is 5.60 Å². The van der Waals surface area contributed by atoms with Gasteiger partial charge in [-0.2, -0.15) is 5.10 Å². The molecular formula is C14H24N2O. The molecular weight excluding hydrogens is 212 g/mol. The van der Waals surface area contributed by atoms with Crippen molar-refractivity contribution in [3.63, 3.8) is 0 Å². The van der Waals surface area contributed by atoms with E-state index in [-0.39, 0.29) is 0 Å². The molecule has 0 radical (unpaired) electrons. The molecule has 3 nitrogen and oxygen atoms in total. The second-order valence-corrected chi connectivity index (χ2v) is 6.06. The topological polar surface area (TPSA) is 38.0 Å². The number of nitrogens with zero attached hydrogens (tertiary/aromatic N) is 2. The smallest absolute Gasteiger partial charge is 0.0678 e. The van der Waals surface area contributed by atoms with Crippen molar-refractivity contribution < 1.29 is 5.11 Å². The Hall–Kier alpha value is -0.830. The first-order chi connectivity index (χ1) is 7.96. The Bertz CT molecular complexity index is 364. The van der Waals surface area contributed by atoms with Gasteiger partial charge in [0.2, 0.25) is 0 Å². The minimum absolute atomic E-state index is 0.389. The minimum atomic E-state index is -0.596. The van der Waals surface area contributed by atoms with Crippen LogP contribution < -0.4 is 0 Å². The van der Waals surface area contributed by atoms with Gasteiger partial charge in [-0.1, -0.05) is 19.3 Å². The second-order valence-electron chi connectivity index (χ2n) is 6.06. The zero-order chi connectivity index (χ0) is 12.5. The van der Waals surface area contributed by atoms with Crippen LogP contribution in [0.25, 0.3) is 0 Å². The maximum absolute atomic E-state index is 10.4. The Morgan fingerprint density at radius 3 is 2.71 bits per heavy atom. The SMILES string of the molecule is CC(C)n1ccc(CC(C)(O)CC2CCC2)n1. The van der Waals surface area contributed by atoms with Gasteiger partial charge in [-0.15, -0.1) is 0 Å². The molecule has 3 heteroatoms. The van der Waals surface area contributed by atoms with Gasteiger partial charge in [0.25, 0.3) is 0 Å². The van der Waals surface area contributed by atoms with Gasteiger partial charge in [0.1, 0.15) is 0 Å². The summed E-state index contributed by atoms with van der Waals surface area (Å²) in [4.78, 5) is 0. The van der Waals surface area contributed by atoms with Crippen LogP contribution in [0, 0.1) is 5.92 Å². The molecule has 2 rings (SSSR count). The predicted molar refractivity (Wildman–Crippen MR) is 68.9 cm³/mol. The van der Waals surface area contributed by atoms with Gasteiger partial charge in [0.05, 0.1) is 11.3 Å². The van der Waals surface area contributed by atoms with Crippen molar-refractivity contribution in [3.8, 4) is 0 Å². The van der Waals surface area contributed by atoms with E-state index in [0.717, 1.165) is 18.0 Å². The lowest BCUT2D eigenvalue weighted by Crippen LogP contribution is -2.32. The van der Waals surface area contributed by atoms with Crippen LogP contribution in [0.15, 0.2) is 12.3 Å². The molecule has 1 atom stereocenters. The molecule has 0 saturated heterocycles. The summed E-state index contributed by atoms with van der Waals surface area (Å²) in [5, 5.41) is 14.9. The molecule has 1 saturated carbocycles. The fourth-order valence-corrected chi connectivity index (χ4v) is 2.54. The van der Waals surface area contributed by atoms with Crippen LogP contribution in [0.4, 0.5) is 0 Å². The van der Waals surface area contributed by atoms with Crippen molar-refractivity contribution in [2.45, 2.75) is 64.5 Å². The van der Waals surface area contributed by atoms with Crippen LogP contribution in [0.5, 0.6) is 0 Å². The predicted octanol–water partition coefficient (Wildman–Crippen LogP) is 2.95. The molecule has 0 spiro atoms. The van der Waals surface area contributed by atoms with Crippen LogP contribution in [0.3, 0.4) is 0 Å². The average Bonchev–Trinajstić information content (AvgIpc) is 2.59. The first-order valence-corrected chi connectivity index (χ1v) is 6.73. The lowest BCUT2D eigenvalue weighted by molar-refractivity contribution is 0.0195. The summed E-state index contributed by atoms with van der Waals surface area (Å²) in [7, 11) is 0. The highest BCUT2D eigenvalue weighted by atomic mass is 16.3. The summed E-state index contributed by atoms with van der Waals surface area (Å²) in [5.41, 5.74) is 0.407. The third kappa shape index (κ3) is 3.32. The largest absolute Gasteiger partial charge is 0.390 e. The van der Waals surface area contributed by atoms with Gasteiger partial charge in [0, 0.05) is 18.7 Å². The molecule has 0 amide bonds. The summed E-state index contributed by atoms with van der Waals surface area (Å²) >= 11 is 0. The Balaban J connectivity index is 1.93. The van der Waals surface area contributed by atoms with E-state index in [4.69, 9.17) is 0 Å². The number of rotatable bonds is 5. The second kappa shape index (κ2) is 4.81. The number of aromatic nitrogens is 2. The van der Waals surface area contributed by atoms with Gasteiger partial charge in [-0.05, 0) is 39.2 Å². The van der Waals surface area contributed by atoms with E-state index in [1.165, 1.54) is 19.3 Å². The quantitative estimate of drug-likeness (QED) is 0.853. The highest BCUT2D eigenvalue weighted by Gasteiger charge is 2.29. The summed E-state index contributed by atoms with van der Waals surface area (Å²) in [6.07, 6.45) is 7.50. The lowest BCUT2D eigenvalue weighted by Gasteiger charge is -2.33. The first-order valence-electron chi connectivity index (χ1n) is 6.73. The van der Waals surface area contributed by atoms with Crippen molar-refractivity contribution in [3.05, 3.63) is 18.0 Å². The monoisotopic (exact) mass is 236 g/mol. The van der Waals surface area contributed by atoms with Crippen LogP contribution in [0.1, 0.15) is 58.2 Å². The number of hydrogen-bond acceptors (Lipinski definition) is 2. The maximum atomic E-state index is 10.4. The fourth-order valence-electron chi connectivity index (χ4n) is 2.54. The lowest BCUT2D eigenvalue weighted by atomic mass is 9.76. The summed E-state index contributed by atoms with van der Waals surface area (Å²) in [6, 6.07) is 2.41. The van der Waals surface area contributed by atoms with Gasteiger partial charge in [-0.3, -0.25) is 4.68 Å². The summed E-state index contributed by atoms with van der Waals surface area (Å²) in [5.74, 6) is 0.734. The zero-order valence-corrected chi connectivity index (χ0v) is 11.2. The molecule has 1 fully saturated rings. The molecule has 1 aromatic heterocycles. The van der Waals surface area contributed by atoms with Crippen molar-refractivity contribution >= 4 is 0 Å². The minimum Gasteiger partial charge on any atom is -0.390 e. The Morgan fingerprint density at radius 2 is 2.24 bits per heavy atom. The summed E-state index contributed by atoms with van der Waals surface area (Å²) in [6.45, 7) is 6.17. The highest BCUT2D eigenvalue weighted by molar-refractivity contribution is 5.04. The molecule has 17 heavy (non-hydrogen) atoms. The average molecular weight is 236 g/mol. The maximum Gasteiger partial charge on any atom is 0.0678 e. The fraction of sp³-hybridized carbons (Fsp3) is 0.786. The van der Waals surface area contributed by atoms with Crippen molar-refractivity contribution in [1.82, 2.24) is 9.78 Å². The van der Waals surface area contributed by atoms with Crippen molar-refractivity contribution in [2.75, 3.05) is 0 Å². The number of aliphatic hydroxyl groups is 1. The Morgan fingerprint density at radius 1 is 1.53 bits per heavy atom. The van der Waals surface area contributed by atoms with Gasteiger partial charge in [0.15, 0.2) is 0 Å². The molecule has 1 aliphatic rings. The van der Waals surface area contributed by atoms with Crippen LogP contribution in [-0.2, 0) is 6.42 Å². The normalized spacial score (nSPS) is 20.3. The molecule has 1 N–H and O–H groups in total. The van der Waals surface area contributed by atoms with Crippen LogP contribution >= 0.6 is 0 Å². The van der Waals surface area contributed by atoms with Crippen LogP contribution in [0.2, 0.25) is 0 Å². The standard InChI is InChI=1S/C14H24N2O/c1-11(2)16-8-7-13(15-16)10-14(3,17)9-12-5-4-6-12/h7-8,11-12,17H,4-6,9-10H2,1-3H3. The molecule has 0 aliphatic heterocycles. The van der Waals surface area contributed by atoms with E-state index in [0.29, 0.717) is 12.5 Å². The van der Waals surface area contributed by atoms with E-state index in [1.54, 1.807) is 0 Å². The van der Waals surface area contributed by atoms with Gasteiger partial charge >= 0.3 is 0 Å². The van der Waals surface area contributed by atoms with E-state index in [1.807, 2.05) is 23.9 Å². The number of hydrogen-bond donors (Lipinski definition) is 1. The Kier molecular flexibility index (Phi) is 3.57. The van der Waals surface area contributed by atoms with E-state index in [9.17, 15) is 5.11 Å². The zero-order valence-electron chi connectivity index (χ0n) is 11.2. The highest BCUT2D eigenvalue weighted by Crippen LogP contribution is 2.34. The molecule has 0 bridgehead atoms. The van der Waals surface area contributed by atoms with Crippen LogP contribution in [-0.4, -0.2) is 20.5 Å². The van der Waals surface area contributed by atoms with Gasteiger partial charge in [-0.25, -0.2) is 0 Å². The van der Waals surface area contributed by atoms with E-state index in [2.05, 4.69) is 18.9 Å². The molecule has 96 valence electrons. The van der Waals surface area contributed by atoms with Crippen molar-refractivity contribution in [2.24, 2.45) is 5.92 Å². The molecule has 1 unspecified atom stereocenters. The van der Waals surface area contributed by atoms with E-state index >= 15 is 0 Å². The molecule has 1 heterocycles. The molecule has 1 aliphatic carbocycles. The molecule has 1 aromatic rings. The summed E-state index contributed by atoms with van der Waals surface area (Å²) < 4.78 is 1.95. The third-order valence-corrected chi connectivity index (χ3v) is 3.71. The first kappa shape index (κ1) is 12.6. The Labute approximate surface area is 104 Å². The van der Waals surface area contributed by atoms with Crippen molar-refractivity contribution in [1.29, 1.82) is 0 Å². The van der Waals surface area contributed by atoms with Gasteiger partial charge < -0.3 is 5.11 Å². The molecule has 0 aromatic carbocycles. The third-order valence-electron chi connectivity index (χ3n) is 3.71.